The van der Waals surface area contributed by atoms with E-state index < -0.39 is 0 Å². The lowest BCUT2D eigenvalue weighted by atomic mass is 10.1. The number of fused-ring (bicyclic) bond motifs is 1. The van der Waals surface area contributed by atoms with Crippen LogP contribution >= 0.6 is 0 Å². The molecule has 0 saturated carbocycles. The fraction of sp³-hybridized carbons (Fsp3) is 0.333. The lowest BCUT2D eigenvalue weighted by Crippen LogP contribution is -2.16. The predicted octanol–water partition coefficient (Wildman–Crippen LogP) is 0.926. The number of carbonyl (C=O) groups is 1. The Bertz CT molecular complexity index is 322. The van der Waals surface area contributed by atoms with E-state index in [1.165, 1.54) is 5.56 Å². The first-order valence-electron chi connectivity index (χ1n) is 3.97. The molecule has 1 aliphatic heterocycles. The molecule has 1 aromatic heterocycles. The number of hydrogen-bond acceptors (Lipinski definition) is 3. The number of hydrogen-bond donors (Lipinski definition) is 1. The van der Waals surface area contributed by atoms with E-state index in [1.807, 2.05) is 13.0 Å². The molecule has 62 valence electrons. The zero-order valence-corrected chi connectivity index (χ0v) is 6.87. The summed E-state index contributed by atoms with van der Waals surface area (Å²) >= 11 is 0. The number of carbonyl (C=O) groups excluding carboxylic acids is 1. The Morgan fingerprint density at radius 2 is 2.58 bits per heavy atom. The van der Waals surface area contributed by atoms with Gasteiger partial charge in [0.25, 0.3) is 0 Å². The van der Waals surface area contributed by atoms with Crippen LogP contribution in [-0.2, 0) is 11.2 Å². The smallest absolute Gasteiger partial charge is 0.142 e. The van der Waals surface area contributed by atoms with Gasteiger partial charge in [-0.3, -0.25) is 4.98 Å². The van der Waals surface area contributed by atoms with E-state index >= 15 is 0 Å². The fourth-order valence-electron chi connectivity index (χ4n) is 1.49. The molecule has 1 atom stereocenters. The number of aryl methyl sites for hydroxylation is 1. The Morgan fingerprint density at radius 1 is 1.75 bits per heavy atom. The topological polar surface area (TPSA) is 42.0 Å². The molecule has 2 heterocycles. The standard InChI is InChI=1S/C9H10N2O/c1-6-2-7-3-8(5-12)11-9(7)4-10-6/h2,4-5,8,11H,3H2,1H3. The quantitative estimate of drug-likeness (QED) is 0.624. The van der Waals surface area contributed by atoms with Gasteiger partial charge in [0, 0.05) is 12.1 Å². The highest BCUT2D eigenvalue weighted by Crippen LogP contribution is 2.24. The van der Waals surface area contributed by atoms with Crippen molar-refractivity contribution in [3.05, 3.63) is 23.5 Å². The van der Waals surface area contributed by atoms with Crippen LogP contribution in [0.25, 0.3) is 0 Å². The zero-order valence-electron chi connectivity index (χ0n) is 6.87. The zero-order chi connectivity index (χ0) is 8.55. The number of aromatic nitrogens is 1. The van der Waals surface area contributed by atoms with Gasteiger partial charge in [-0.2, -0.15) is 0 Å². The third-order valence-electron chi connectivity index (χ3n) is 2.07. The Kier molecular flexibility index (Phi) is 1.57. The van der Waals surface area contributed by atoms with Crippen molar-refractivity contribution in [2.45, 2.75) is 19.4 Å². The van der Waals surface area contributed by atoms with Crippen molar-refractivity contribution < 1.29 is 4.79 Å². The van der Waals surface area contributed by atoms with E-state index in [9.17, 15) is 4.79 Å². The molecule has 0 radical (unpaired) electrons. The number of aldehydes is 1. The number of nitrogens with one attached hydrogen (secondary N) is 1. The van der Waals surface area contributed by atoms with Gasteiger partial charge in [0.1, 0.15) is 6.29 Å². The number of pyridine rings is 1. The maximum absolute atomic E-state index is 10.5. The first-order valence-corrected chi connectivity index (χ1v) is 3.97. The lowest BCUT2D eigenvalue weighted by molar-refractivity contribution is -0.108. The summed E-state index contributed by atoms with van der Waals surface area (Å²) in [6, 6.07) is 1.97. The Hall–Kier alpha value is -1.38. The first-order chi connectivity index (χ1) is 5.79. The number of anilines is 1. The minimum atomic E-state index is -0.0522. The van der Waals surface area contributed by atoms with Gasteiger partial charge in [-0.25, -0.2) is 0 Å². The van der Waals surface area contributed by atoms with Crippen molar-refractivity contribution in [3.8, 4) is 0 Å². The van der Waals surface area contributed by atoms with Crippen molar-refractivity contribution in [1.29, 1.82) is 0 Å². The number of rotatable bonds is 1. The second kappa shape index (κ2) is 2.59. The average Bonchev–Trinajstić information content (AvgIpc) is 2.46. The van der Waals surface area contributed by atoms with Crippen LogP contribution in [0.1, 0.15) is 11.3 Å². The molecular weight excluding hydrogens is 152 g/mol. The van der Waals surface area contributed by atoms with E-state index in [0.29, 0.717) is 0 Å². The molecule has 3 heteroatoms. The Balaban J connectivity index is 2.35. The van der Waals surface area contributed by atoms with Crippen molar-refractivity contribution in [1.82, 2.24) is 4.98 Å². The van der Waals surface area contributed by atoms with E-state index in [0.717, 1.165) is 24.1 Å². The fourth-order valence-corrected chi connectivity index (χ4v) is 1.49. The summed E-state index contributed by atoms with van der Waals surface area (Å²) in [6.45, 7) is 1.95. The monoisotopic (exact) mass is 162 g/mol. The van der Waals surface area contributed by atoms with Crippen LogP contribution < -0.4 is 5.32 Å². The SMILES string of the molecule is Cc1cc2c(cn1)NC(C=O)C2. The molecule has 0 spiro atoms. The average molecular weight is 162 g/mol. The van der Waals surface area contributed by atoms with Crippen molar-refractivity contribution in [2.75, 3.05) is 5.32 Å². The van der Waals surface area contributed by atoms with Gasteiger partial charge in [0.2, 0.25) is 0 Å². The second-order valence-electron chi connectivity index (χ2n) is 3.07. The van der Waals surface area contributed by atoms with Crippen molar-refractivity contribution in [3.63, 3.8) is 0 Å². The lowest BCUT2D eigenvalue weighted by Gasteiger charge is -1.99. The summed E-state index contributed by atoms with van der Waals surface area (Å²) in [4.78, 5) is 14.6. The molecule has 0 aromatic carbocycles. The molecule has 1 N–H and O–H groups in total. The van der Waals surface area contributed by atoms with Crippen LogP contribution in [0.5, 0.6) is 0 Å². The summed E-state index contributed by atoms with van der Waals surface area (Å²) in [7, 11) is 0. The van der Waals surface area contributed by atoms with E-state index in [1.54, 1.807) is 6.20 Å². The first kappa shape index (κ1) is 7.28. The third kappa shape index (κ3) is 1.07. The van der Waals surface area contributed by atoms with Gasteiger partial charge >= 0.3 is 0 Å². The predicted molar refractivity (Wildman–Crippen MR) is 46.2 cm³/mol. The molecule has 1 unspecified atom stereocenters. The largest absolute Gasteiger partial charge is 0.374 e. The Morgan fingerprint density at radius 3 is 3.33 bits per heavy atom. The molecule has 0 bridgehead atoms. The van der Waals surface area contributed by atoms with Crippen LogP contribution in [0.15, 0.2) is 12.3 Å². The van der Waals surface area contributed by atoms with E-state index in [-0.39, 0.29) is 6.04 Å². The van der Waals surface area contributed by atoms with Gasteiger partial charge < -0.3 is 10.1 Å². The molecule has 1 aliphatic rings. The summed E-state index contributed by atoms with van der Waals surface area (Å²) in [6.07, 6.45) is 3.52. The molecular formula is C9H10N2O. The van der Waals surface area contributed by atoms with Crippen molar-refractivity contribution >= 4 is 12.0 Å². The van der Waals surface area contributed by atoms with Gasteiger partial charge in [-0.1, -0.05) is 0 Å². The molecule has 0 amide bonds. The summed E-state index contributed by atoms with van der Waals surface area (Å²) in [5, 5.41) is 3.08. The van der Waals surface area contributed by atoms with Gasteiger partial charge in [0.15, 0.2) is 0 Å². The van der Waals surface area contributed by atoms with Crippen LogP contribution in [0.4, 0.5) is 5.69 Å². The third-order valence-corrected chi connectivity index (χ3v) is 2.07. The van der Waals surface area contributed by atoms with Gasteiger partial charge in [-0.15, -0.1) is 0 Å². The normalized spacial score (nSPS) is 19.9. The molecule has 3 nitrogen and oxygen atoms in total. The highest BCUT2D eigenvalue weighted by Gasteiger charge is 2.19. The highest BCUT2D eigenvalue weighted by molar-refractivity contribution is 5.71. The van der Waals surface area contributed by atoms with Crippen LogP contribution in [0.3, 0.4) is 0 Å². The molecule has 0 aliphatic carbocycles. The van der Waals surface area contributed by atoms with Crippen LogP contribution in [0, 0.1) is 6.92 Å². The second-order valence-corrected chi connectivity index (χ2v) is 3.07. The minimum absolute atomic E-state index is 0.0522. The van der Waals surface area contributed by atoms with E-state index in [2.05, 4.69) is 10.3 Å². The van der Waals surface area contributed by atoms with Crippen LogP contribution in [0.2, 0.25) is 0 Å². The molecule has 1 aromatic rings. The van der Waals surface area contributed by atoms with Crippen LogP contribution in [-0.4, -0.2) is 17.3 Å². The summed E-state index contributed by atoms with van der Waals surface area (Å²) in [5.41, 5.74) is 3.19. The summed E-state index contributed by atoms with van der Waals surface area (Å²) < 4.78 is 0. The highest BCUT2D eigenvalue weighted by atomic mass is 16.1. The molecule has 12 heavy (non-hydrogen) atoms. The van der Waals surface area contributed by atoms with Crippen molar-refractivity contribution in [2.24, 2.45) is 0 Å². The maximum atomic E-state index is 10.5. The van der Waals surface area contributed by atoms with Gasteiger partial charge in [-0.05, 0) is 18.6 Å². The van der Waals surface area contributed by atoms with Gasteiger partial charge in [0.05, 0.1) is 17.9 Å². The molecule has 2 rings (SSSR count). The molecule has 0 saturated heterocycles. The molecule has 0 fully saturated rings. The minimum Gasteiger partial charge on any atom is -0.374 e. The Labute approximate surface area is 70.8 Å². The number of nitrogens with zero attached hydrogens (tertiary/aromatic N) is 1. The van der Waals surface area contributed by atoms with E-state index in [4.69, 9.17) is 0 Å². The maximum Gasteiger partial charge on any atom is 0.142 e. The summed E-state index contributed by atoms with van der Waals surface area (Å²) in [5.74, 6) is 0.